The number of nitrogens with zero attached hydrogens (tertiary/aromatic N) is 8. The predicted molar refractivity (Wildman–Crippen MR) is 153 cm³/mol. The summed E-state index contributed by atoms with van der Waals surface area (Å²) in [6.45, 7) is 13.2. The van der Waals surface area contributed by atoms with Crippen LogP contribution in [0.15, 0.2) is 60.5 Å². The second-order valence-corrected chi connectivity index (χ2v) is 10.3. The van der Waals surface area contributed by atoms with Crippen molar-refractivity contribution in [1.29, 1.82) is 5.26 Å². The zero-order valence-corrected chi connectivity index (χ0v) is 22.6. The van der Waals surface area contributed by atoms with Gasteiger partial charge in [-0.1, -0.05) is 13.5 Å². The molecule has 5 rings (SSSR count). The average molecular weight is 524 g/mol. The Morgan fingerprint density at radius 2 is 2.03 bits per heavy atom. The summed E-state index contributed by atoms with van der Waals surface area (Å²) in [6.07, 6.45) is 13.9. The summed E-state index contributed by atoms with van der Waals surface area (Å²) in [4.78, 5) is 14.0. The standard InChI is InChI=1S/C29H33N9O/c1-21(25-15-33-34-16-25)18-38-28(24(13-30)17-35-38)22(2)23-5-6-26(31-14-23)37-11-9-36(10-12-37)20-29(3)8-7-27(39-4)32-19-29/h5-7,14-19H,2,8-12,20H2,1,3-4H3,(H,33,34)/b21-18+. The summed E-state index contributed by atoms with van der Waals surface area (Å²) < 4.78 is 6.93. The number of H-pyrrole nitrogens is 1. The summed E-state index contributed by atoms with van der Waals surface area (Å²) in [5.74, 6) is 1.64. The summed E-state index contributed by atoms with van der Waals surface area (Å²) in [6, 6.07) is 6.28. The molecule has 0 bridgehead atoms. The zero-order chi connectivity index (χ0) is 27.4. The molecular formula is C29H33N9O. The quantitative estimate of drug-likeness (QED) is 0.474. The number of ether oxygens (including phenoxy) is 1. The molecule has 0 aliphatic carbocycles. The van der Waals surface area contributed by atoms with Gasteiger partial charge >= 0.3 is 0 Å². The Morgan fingerprint density at radius 3 is 2.64 bits per heavy atom. The van der Waals surface area contributed by atoms with Gasteiger partial charge in [0.2, 0.25) is 5.88 Å². The number of rotatable bonds is 8. The first-order valence-electron chi connectivity index (χ1n) is 13.0. The van der Waals surface area contributed by atoms with Gasteiger partial charge in [0.15, 0.2) is 0 Å². The molecule has 0 saturated carbocycles. The van der Waals surface area contributed by atoms with Crippen LogP contribution in [0.1, 0.15) is 42.7 Å². The number of pyridine rings is 1. The van der Waals surface area contributed by atoms with E-state index in [2.05, 4.69) is 55.7 Å². The number of nitrogens with one attached hydrogen (secondary N) is 1. The van der Waals surface area contributed by atoms with Gasteiger partial charge in [-0.3, -0.25) is 10.00 Å². The van der Waals surface area contributed by atoms with Crippen LogP contribution in [0.3, 0.4) is 0 Å². The first-order chi connectivity index (χ1) is 18.9. The first-order valence-corrected chi connectivity index (χ1v) is 13.0. The Hall–Kier alpha value is -4.49. The highest BCUT2D eigenvalue weighted by Crippen LogP contribution is 2.29. The molecule has 0 amide bonds. The number of hydrogen-bond acceptors (Lipinski definition) is 8. The summed E-state index contributed by atoms with van der Waals surface area (Å²) in [5, 5.41) is 20.9. The molecule has 2 aliphatic rings. The molecule has 200 valence electrons. The fraction of sp³-hybridized carbons (Fsp3) is 0.345. The van der Waals surface area contributed by atoms with E-state index in [4.69, 9.17) is 9.72 Å². The molecule has 10 heteroatoms. The lowest BCUT2D eigenvalue weighted by molar-refractivity contribution is 0.197. The van der Waals surface area contributed by atoms with Crippen molar-refractivity contribution in [3.8, 4) is 6.07 Å². The fourth-order valence-electron chi connectivity index (χ4n) is 4.99. The lowest BCUT2D eigenvalue weighted by Crippen LogP contribution is -2.50. The van der Waals surface area contributed by atoms with Gasteiger partial charge in [0.1, 0.15) is 11.9 Å². The molecule has 1 unspecified atom stereocenters. The van der Waals surface area contributed by atoms with Gasteiger partial charge in [0, 0.05) is 79.6 Å². The van der Waals surface area contributed by atoms with Gasteiger partial charge in [-0.05, 0) is 37.1 Å². The maximum absolute atomic E-state index is 9.70. The topological polar surface area (TPSA) is 111 Å². The van der Waals surface area contributed by atoms with E-state index in [1.54, 1.807) is 24.2 Å². The molecule has 0 radical (unpaired) electrons. The SMILES string of the molecule is C=C(c1ccc(N2CCN(CC3(C)C=NC(OC)=CC3)CC2)nc1)c1c(C#N)cnn1/C=C(\C)c1cn[nH]c1. The number of aromatic amines is 1. The van der Waals surface area contributed by atoms with Crippen LogP contribution in [-0.2, 0) is 4.74 Å². The van der Waals surface area contributed by atoms with Crippen LogP contribution in [0.4, 0.5) is 5.82 Å². The molecule has 1 saturated heterocycles. The van der Waals surface area contributed by atoms with Gasteiger partial charge in [-0.15, -0.1) is 0 Å². The molecule has 0 spiro atoms. The third kappa shape index (κ3) is 5.68. The number of methoxy groups -OCH3 is 1. The van der Waals surface area contributed by atoms with E-state index in [0.717, 1.165) is 61.7 Å². The minimum absolute atomic E-state index is 0.0194. The first kappa shape index (κ1) is 26.1. The smallest absolute Gasteiger partial charge is 0.208 e. The Balaban J connectivity index is 1.24. The molecule has 2 aliphatic heterocycles. The largest absolute Gasteiger partial charge is 0.481 e. The van der Waals surface area contributed by atoms with E-state index in [1.165, 1.54) is 0 Å². The van der Waals surface area contributed by atoms with Gasteiger partial charge in [0.05, 0.1) is 30.8 Å². The van der Waals surface area contributed by atoms with Crippen LogP contribution in [0.5, 0.6) is 0 Å². The van der Waals surface area contributed by atoms with Crippen LogP contribution in [-0.4, -0.2) is 75.9 Å². The molecule has 5 heterocycles. The lowest BCUT2D eigenvalue weighted by Gasteiger charge is -2.39. The molecule has 1 N–H and O–H groups in total. The van der Waals surface area contributed by atoms with Gasteiger partial charge in [0.25, 0.3) is 0 Å². The maximum Gasteiger partial charge on any atom is 0.208 e. The molecule has 10 nitrogen and oxygen atoms in total. The zero-order valence-electron chi connectivity index (χ0n) is 22.6. The minimum Gasteiger partial charge on any atom is -0.481 e. The average Bonchev–Trinajstić information content (AvgIpc) is 3.64. The molecule has 0 aromatic carbocycles. The Kier molecular flexibility index (Phi) is 7.43. The van der Waals surface area contributed by atoms with Crippen LogP contribution in [0.25, 0.3) is 17.3 Å². The van der Waals surface area contributed by atoms with Crippen molar-refractivity contribution in [2.75, 3.05) is 44.7 Å². The number of anilines is 1. The van der Waals surface area contributed by atoms with E-state index in [-0.39, 0.29) is 5.41 Å². The minimum atomic E-state index is 0.0194. The van der Waals surface area contributed by atoms with Gasteiger partial charge in [-0.2, -0.15) is 15.5 Å². The lowest BCUT2D eigenvalue weighted by atomic mass is 9.86. The number of aliphatic imine (C=N–C) groups is 1. The van der Waals surface area contributed by atoms with Gasteiger partial charge < -0.3 is 9.64 Å². The van der Waals surface area contributed by atoms with E-state index in [0.29, 0.717) is 22.7 Å². The summed E-state index contributed by atoms with van der Waals surface area (Å²) in [7, 11) is 1.66. The number of piperazine rings is 1. The van der Waals surface area contributed by atoms with Crippen molar-refractivity contribution >= 4 is 29.4 Å². The van der Waals surface area contributed by atoms with E-state index >= 15 is 0 Å². The Bertz CT molecular complexity index is 1450. The normalized spacial score (nSPS) is 20.0. The Labute approximate surface area is 228 Å². The molecular weight excluding hydrogens is 490 g/mol. The number of aromatic nitrogens is 5. The molecule has 39 heavy (non-hydrogen) atoms. The van der Waals surface area contributed by atoms with Crippen molar-refractivity contribution in [3.05, 3.63) is 77.8 Å². The molecule has 1 fully saturated rings. The number of nitriles is 1. The highest BCUT2D eigenvalue weighted by atomic mass is 16.5. The molecule has 1 atom stereocenters. The molecule has 3 aromatic rings. The third-order valence-electron chi connectivity index (χ3n) is 7.30. The van der Waals surface area contributed by atoms with Crippen LogP contribution in [0.2, 0.25) is 0 Å². The van der Waals surface area contributed by atoms with E-state index < -0.39 is 0 Å². The number of hydrogen-bond donors (Lipinski definition) is 1. The number of allylic oxidation sites excluding steroid dienone is 2. The second kappa shape index (κ2) is 11.1. The van der Waals surface area contributed by atoms with E-state index in [1.807, 2.05) is 43.9 Å². The third-order valence-corrected chi connectivity index (χ3v) is 7.30. The van der Waals surface area contributed by atoms with Crippen molar-refractivity contribution in [2.24, 2.45) is 10.4 Å². The Morgan fingerprint density at radius 1 is 1.21 bits per heavy atom. The predicted octanol–water partition coefficient (Wildman–Crippen LogP) is 4.04. The monoisotopic (exact) mass is 523 g/mol. The van der Waals surface area contributed by atoms with Crippen LogP contribution >= 0.6 is 0 Å². The summed E-state index contributed by atoms with van der Waals surface area (Å²) in [5.41, 5.74) is 4.57. The van der Waals surface area contributed by atoms with E-state index in [9.17, 15) is 5.26 Å². The second-order valence-electron chi connectivity index (χ2n) is 10.3. The fourth-order valence-corrected chi connectivity index (χ4v) is 4.99. The highest BCUT2D eigenvalue weighted by molar-refractivity contribution is 5.82. The summed E-state index contributed by atoms with van der Waals surface area (Å²) >= 11 is 0. The van der Waals surface area contributed by atoms with Crippen molar-refractivity contribution < 1.29 is 4.74 Å². The highest BCUT2D eigenvalue weighted by Gasteiger charge is 2.29. The van der Waals surface area contributed by atoms with Crippen molar-refractivity contribution in [2.45, 2.75) is 20.3 Å². The van der Waals surface area contributed by atoms with Crippen molar-refractivity contribution in [3.63, 3.8) is 0 Å². The van der Waals surface area contributed by atoms with Crippen molar-refractivity contribution in [1.82, 2.24) is 29.9 Å². The maximum atomic E-state index is 9.70. The van der Waals surface area contributed by atoms with Crippen LogP contribution < -0.4 is 4.90 Å². The van der Waals surface area contributed by atoms with Crippen LogP contribution in [0, 0.1) is 16.7 Å². The molecule has 3 aromatic heterocycles. The van der Waals surface area contributed by atoms with Gasteiger partial charge in [-0.25, -0.2) is 14.7 Å².